The Morgan fingerprint density at radius 3 is 2.25 bits per heavy atom. The van der Waals surface area contributed by atoms with Crippen molar-refractivity contribution in [3.8, 4) is 0 Å². The number of fused-ring (bicyclic) bond motifs is 2. The standard InChI is InChI=1S/C13H22Cl2O/c1-12(2)9-4-5-13(12,3)11(6-9)16-10(7-14)8-15/h9-11H,4-8H2,1-3H3/t9-,11-,13+/m0/s1. The van der Waals surface area contributed by atoms with E-state index < -0.39 is 0 Å². The SMILES string of the molecule is CC1(C)[C@H]2CC[C@]1(C)[C@@H](OC(CCl)CCl)C2. The fraction of sp³-hybridized carbons (Fsp3) is 1.00. The van der Waals surface area contributed by atoms with Crippen molar-refractivity contribution in [1.29, 1.82) is 0 Å². The maximum absolute atomic E-state index is 6.12. The lowest BCUT2D eigenvalue weighted by Crippen LogP contribution is -2.40. The second-order valence-corrected chi connectivity index (χ2v) is 6.78. The summed E-state index contributed by atoms with van der Waals surface area (Å²) in [7, 11) is 0. The third kappa shape index (κ3) is 1.71. The summed E-state index contributed by atoms with van der Waals surface area (Å²) in [5.41, 5.74) is 0.717. The van der Waals surface area contributed by atoms with Crippen LogP contribution in [0.4, 0.5) is 0 Å². The van der Waals surface area contributed by atoms with E-state index in [0.29, 0.717) is 28.7 Å². The monoisotopic (exact) mass is 264 g/mol. The summed E-state index contributed by atoms with van der Waals surface area (Å²) in [4.78, 5) is 0. The van der Waals surface area contributed by atoms with E-state index in [1.54, 1.807) is 0 Å². The molecule has 2 bridgehead atoms. The maximum atomic E-state index is 6.12. The van der Waals surface area contributed by atoms with Crippen LogP contribution in [0.5, 0.6) is 0 Å². The second-order valence-electron chi connectivity index (χ2n) is 6.17. The normalized spacial score (nSPS) is 40.9. The smallest absolute Gasteiger partial charge is 0.0849 e. The molecule has 0 amide bonds. The van der Waals surface area contributed by atoms with Crippen LogP contribution in [-0.2, 0) is 4.74 Å². The number of rotatable bonds is 4. The summed E-state index contributed by atoms with van der Waals surface area (Å²) in [6, 6.07) is 0. The molecule has 3 atom stereocenters. The van der Waals surface area contributed by atoms with E-state index in [0.717, 1.165) is 5.92 Å². The average Bonchev–Trinajstić information content (AvgIpc) is 2.58. The largest absolute Gasteiger partial charge is 0.372 e. The van der Waals surface area contributed by atoms with Crippen LogP contribution in [0.25, 0.3) is 0 Å². The molecule has 2 rings (SSSR count). The highest BCUT2D eigenvalue weighted by atomic mass is 35.5. The van der Waals surface area contributed by atoms with Crippen LogP contribution in [0.15, 0.2) is 0 Å². The van der Waals surface area contributed by atoms with Gasteiger partial charge in [0.05, 0.1) is 12.2 Å². The predicted molar refractivity (Wildman–Crippen MR) is 69.3 cm³/mol. The molecule has 2 aliphatic carbocycles. The van der Waals surface area contributed by atoms with Crippen molar-refractivity contribution >= 4 is 23.2 Å². The van der Waals surface area contributed by atoms with Gasteiger partial charge >= 0.3 is 0 Å². The van der Waals surface area contributed by atoms with Gasteiger partial charge in [0.15, 0.2) is 0 Å². The fourth-order valence-corrected chi connectivity index (χ4v) is 4.16. The van der Waals surface area contributed by atoms with Crippen LogP contribution in [0, 0.1) is 16.7 Å². The number of halogens is 2. The maximum Gasteiger partial charge on any atom is 0.0849 e. The Morgan fingerprint density at radius 2 is 1.88 bits per heavy atom. The molecule has 0 aliphatic heterocycles. The minimum Gasteiger partial charge on any atom is -0.372 e. The quantitative estimate of drug-likeness (QED) is 0.696. The van der Waals surface area contributed by atoms with Crippen LogP contribution < -0.4 is 0 Å². The first-order valence-corrected chi connectivity index (χ1v) is 7.30. The molecule has 0 aromatic carbocycles. The van der Waals surface area contributed by atoms with Gasteiger partial charge in [0.1, 0.15) is 0 Å². The molecule has 0 aromatic rings. The molecule has 2 fully saturated rings. The highest BCUT2D eigenvalue weighted by molar-refractivity contribution is 6.21. The zero-order valence-electron chi connectivity index (χ0n) is 10.4. The van der Waals surface area contributed by atoms with Gasteiger partial charge in [-0.05, 0) is 36.0 Å². The van der Waals surface area contributed by atoms with Gasteiger partial charge in [0.2, 0.25) is 0 Å². The molecule has 3 heteroatoms. The Balaban J connectivity index is 2.09. The Kier molecular flexibility index (Phi) is 3.51. The molecule has 0 radical (unpaired) electrons. The van der Waals surface area contributed by atoms with E-state index in [4.69, 9.17) is 27.9 Å². The summed E-state index contributed by atoms with van der Waals surface area (Å²) >= 11 is 11.7. The molecular formula is C13H22Cl2O. The molecule has 2 saturated carbocycles. The highest BCUT2D eigenvalue weighted by Gasteiger charge is 2.62. The summed E-state index contributed by atoms with van der Waals surface area (Å²) in [6.45, 7) is 7.17. The van der Waals surface area contributed by atoms with Gasteiger partial charge in [0.25, 0.3) is 0 Å². The lowest BCUT2D eigenvalue weighted by atomic mass is 9.70. The third-order valence-corrected chi connectivity index (χ3v) is 6.10. The van der Waals surface area contributed by atoms with Gasteiger partial charge in [-0.1, -0.05) is 20.8 Å². The first-order valence-electron chi connectivity index (χ1n) is 6.23. The zero-order chi connectivity index (χ0) is 12.0. The van der Waals surface area contributed by atoms with Crippen LogP contribution in [0.1, 0.15) is 40.0 Å². The minimum atomic E-state index is 0.0142. The lowest BCUT2D eigenvalue weighted by molar-refractivity contribution is -0.0718. The van der Waals surface area contributed by atoms with Crippen molar-refractivity contribution < 1.29 is 4.74 Å². The summed E-state index contributed by atoms with van der Waals surface area (Å²) in [6.07, 6.45) is 4.19. The van der Waals surface area contributed by atoms with Crippen molar-refractivity contribution in [3.63, 3.8) is 0 Å². The van der Waals surface area contributed by atoms with E-state index in [2.05, 4.69) is 20.8 Å². The Labute approximate surface area is 109 Å². The number of hydrogen-bond acceptors (Lipinski definition) is 1. The van der Waals surface area contributed by atoms with Crippen LogP contribution in [-0.4, -0.2) is 24.0 Å². The Bertz CT molecular complexity index is 263. The van der Waals surface area contributed by atoms with Crippen molar-refractivity contribution in [2.24, 2.45) is 16.7 Å². The molecule has 16 heavy (non-hydrogen) atoms. The number of ether oxygens (including phenoxy) is 1. The molecule has 1 nitrogen and oxygen atoms in total. The van der Waals surface area contributed by atoms with Gasteiger partial charge in [-0.15, -0.1) is 23.2 Å². The average molecular weight is 265 g/mol. The van der Waals surface area contributed by atoms with E-state index in [1.165, 1.54) is 19.3 Å². The van der Waals surface area contributed by atoms with Crippen molar-refractivity contribution in [3.05, 3.63) is 0 Å². The van der Waals surface area contributed by atoms with Crippen LogP contribution >= 0.6 is 23.2 Å². The predicted octanol–water partition coefficient (Wildman–Crippen LogP) is 4.06. The molecule has 0 aromatic heterocycles. The Hall–Kier alpha value is 0.540. The molecular weight excluding hydrogens is 243 g/mol. The molecule has 0 saturated heterocycles. The van der Waals surface area contributed by atoms with Crippen molar-refractivity contribution in [2.45, 2.75) is 52.2 Å². The number of hydrogen-bond donors (Lipinski definition) is 0. The zero-order valence-corrected chi connectivity index (χ0v) is 11.9. The van der Waals surface area contributed by atoms with E-state index in [9.17, 15) is 0 Å². The molecule has 94 valence electrons. The third-order valence-electron chi connectivity index (χ3n) is 5.41. The van der Waals surface area contributed by atoms with Crippen molar-refractivity contribution in [2.75, 3.05) is 11.8 Å². The Morgan fingerprint density at radius 1 is 1.25 bits per heavy atom. The van der Waals surface area contributed by atoms with Crippen LogP contribution in [0.2, 0.25) is 0 Å². The summed E-state index contributed by atoms with van der Waals surface area (Å²) in [5.74, 6) is 1.82. The van der Waals surface area contributed by atoms with Crippen LogP contribution in [0.3, 0.4) is 0 Å². The first kappa shape index (κ1) is 13.0. The van der Waals surface area contributed by atoms with E-state index >= 15 is 0 Å². The lowest BCUT2D eigenvalue weighted by Gasteiger charge is -2.40. The van der Waals surface area contributed by atoms with Gasteiger partial charge in [-0.3, -0.25) is 0 Å². The molecule has 0 unspecified atom stereocenters. The van der Waals surface area contributed by atoms with E-state index in [-0.39, 0.29) is 6.10 Å². The summed E-state index contributed by atoms with van der Waals surface area (Å²) in [5, 5.41) is 0. The number of alkyl halides is 2. The highest BCUT2D eigenvalue weighted by Crippen LogP contribution is 2.66. The first-order chi connectivity index (χ1) is 7.45. The molecule has 0 spiro atoms. The summed E-state index contributed by atoms with van der Waals surface area (Å²) < 4.78 is 6.12. The second kappa shape index (κ2) is 4.33. The molecule has 0 N–H and O–H groups in total. The molecule has 0 heterocycles. The van der Waals surface area contributed by atoms with Gasteiger partial charge in [0, 0.05) is 11.8 Å². The molecule has 2 aliphatic rings. The van der Waals surface area contributed by atoms with Crippen molar-refractivity contribution in [1.82, 2.24) is 0 Å². The van der Waals surface area contributed by atoms with Gasteiger partial charge in [-0.25, -0.2) is 0 Å². The fourth-order valence-electron chi connectivity index (χ4n) is 3.68. The van der Waals surface area contributed by atoms with E-state index in [1.807, 2.05) is 0 Å². The topological polar surface area (TPSA) is 9.23 Å². The van der Waals surface area contributed by atoms with Gasteiger partial charge < -0.3 is 4.74 Å². The minimum absolute atomic E-state index is 0.0142. The van der Waals surface area contributed by atoms with Gasteiger partial charge in [-0.2, -0.15) is 0 Å².